The van der Waals surface area contributed by atoms with Crippen molar-refractivity contribution in [3.8, 4) is 11.5 Å². The lowest BCUT2D eigenvalue weighted by Gasteiger charge is -2.23. The van der Waals surface area contributed by atoms with Crippen LogP contribution in [0.15, 0.2) is 54.6 Å². The van der Waals surface area contributed by atoms with Crippen LogP contribution in [-0.4, -0.2) is 83.2 Å². The van der Waals surface area contributed by atoms with Gasteiger partial charge >= 0.3 is 0 Å². The number of aromatic hydroxyl groups is 2. The Kier molecular flexibility index (Phi) is 12.4. The Morgan fingerprint density at radius 2 is 0.868 bits per heavy atom. The molecular formula is C30H42N2O6. The van der Waals surface area contributed by atoms with E-state index < -0.39 is 0 Å². The lowest BCUT2D eigenvalue weighted by atomic mass is 9.94. The summed E-state index contributed by atoms with van der Waals surface area (Å²) in [7, 11) is 0. The maximum Gasteiger partial charge on any atom is 0.125 e. The summed E-state index contributed by atoms with van der Waals surface area (Å²) >= 11 is 0. The standard InChI is InChI=1S/C29H38N2O6.CH4/c1-21-28(36)24(18-22-2-6-26(7-3-22)30(10-14-32)11-15-33)20-25(29(21)37)19-23-4-8-27(9-5-23)31(12-16-34)13-17-35;/h2-9,20,32-37H,10-19H2,1H3;1H4. The van der Waals surface area contributed by atoms with Gasteiger partial charge in [-0.2, -0.15) is 0 Å². The molecule has 3 aromatic carbocycles. The Bertz CT molecular complexity index is 1020. The maximum atomic E-state index is 10.7. The molecule has 3 rings (SSSR count). The van der Waals surface area contributed by atoms with Crippen molar-refractivity contribution in [3.05, 3.63) is 82.4 Å². The topological polar surface area (TPSA) is 128 Å². The Morgan fingerprint density at radius 1 is 0.553 bits per heavy atom. The van der Waals surface area contributed by atoms with E-state index in [0.29, 0.717) is 55.7 Å². The third-order valence-corrected chi connectivity index (χ3v) is 6.54. The number of hydrogen-bond donors (Lipinski definition) is 6. The minimum absolute atomic E-state index is 0. The second kappa shape index (κ2) is 15.2. The van der Waals surface area contributed by atoms with Crippen LogP contribution in [-0.2, 0) is 12.8 Å². The first-order chi connectivity index (χ1) is 17.9. The van der Waals surface area contributed by atoms with Gasteiger partial charge in [0.15, 0.2) is 0 Å². The Morgan fingerprint density at radius 3 is 1.16 bits per heavy atom. The van der Waals surface area contributed by atoms with Crippen LogP contribution < -0.4 is 9.80 Å². The molecule has 38 heavy (non-hydrogen) atoms. The van der Waals surface area contributed by atoms with Crippen molar-refractivity contribution in [1.82, 2.24) is 0 Å². The molecule has 0 fully saturated rings. The van der Waals surface area contributed by atoms with Gasteiger partial charge in [-0.3, -0.25) is 0 Å². The Balaban J connectivity index is 0.00000507. The Labute approximate surface area is 225 Å². The molecule has 6 N–H and O–H groups in total. The van der Waals surface area contributed by atoms with Gasteiger partial charge < -0.3 is 40.4 Å². The van der Waals surface area contributed by atoms with Gasteiger partial charge in [-0.15, -0.1) is 0 Å². The molecule has 208 valence electrons. The molecule has 0 aromatic heterocycles. The fourth-order valence-corrected chi connectivity index (χ4v) is 4.52. The number of benzene rings is 3. The summed E-state index contributed by atoms with van der Waals surface area (Å²) in [4.78, 5) is 3.81. The minimum Gasteiger partial charge on any atom is -0.507 e. The summed E-state index contributed by atoms with van der Waals surface area (Å²) < 4.78 is 0. The van der Waals surface area contributed by atoms with E-state index in [4.69, 9.17) is 0 Å². The van der Waals surface area contributed by atoms with Crippen LogP contribution >= 0.6 is 0 Å². The highest BCUT2D eigenvalue weighted by Gasteiger charge is 2.16. The fourth-order valence-electron chi connectivity index (χ4n) is 4.52. The fraction of sp³-hybridized carbons (Fsp3) is 0.400. The highest BCUT2D eigenvalue weighted by molar-refractivity contribution is 5.56. The van der Waals surface area contributed by atoms with E-state index in [0.717, 1.165) is 22.5 Å². The largest absolute Gasteiger partial charge is 0.507 e. The van der Waals surface area contributed by atoms with Crippen LogP contribution in [0.1, 0.15) is 35.2 Å². The molecule has 8 heteroatoms. The van der Waals surface area contributed by atoms with Gasteiger partial charge in [0.25, 0.3) is 0 Å². The highest BCUT2D eigenvalue weighted by atomic mass is 16.3. The molecule has 0 unspecified atom stereocenters. The summed E-state index contributed by atoms with van der Waals surface area (Å²) in [6, 6.07) is 17.4. The molecule has 0 saturated heterocycles. The summed E-state index contributed by atoms with van der Waals surface area (Å²) in [5, 5.41) is 58.6. The van der Waals surface area contributed by atoms with Gasteiger partial charge in [-0.25, -0.2) is 0 Å². The van der Waals surface area contributed by atoms with Crippen LogP contribution in [0.2, 0.25) is 0 Å². The molecule has 0 atom stereocenters. The van der Waals surface area contributed by atoms with Gasteiger partial charge in [0.05, 0.1) is 26.4 Å². The van der Waals surface area contributed by atoms with E-state index >= 15 is 0 Å². The molecule has 0 radical (unpaired) electrons. The zero-order valence-corrected chi connectivity index (χ0v) is 21.3. The van der Waals surface area contributed by atoms with E-state index in [9.17, 15) is 30.6 Å². The van der Waals surface area contributed by atoms with Gasteiger partial charge in [0, 0.05) is 56.0 Å². The molecular weight excluding hydrogens is 484 g/mol. The zero-order valence-electron chi connectivity index (χ0n) is 21.3. The smallest absolute Gasteiger partial charge is 0.125 e. The summed E-state index contributed by atoms with van der Waals surface area (Å²) in [5.41, 5.74) is 5.65. The SMILES string of the molecule is C.Cc1c(O)c(Cc2ccc(N(CCO)CCO)cc2)cc(Cc2ccc(N(CCO)CCO)cc2)c1O. The molecule has 0 saturated carbocycles. The monoisotopic (exact) mass is 526 g/mol. The van der Waals surface area contributed by atoms with Crippen LogP contribution in [0.25, 0.3) is 0 Å². The average Bonchev–Trinajstić information content (AvgIpc) is 2.91. The van der Waals surface area contributed by atoms with Crippen molar-refractivity contribution in [2.24, 2.45) is 0 Å². The molecule has 0 spiro atoms. The molecule has 0 bridgehead atoms. The molecule has 0 amide bonds. The first-order valence-electron chi connectivity index (χ1n) is 12.6. The number of phenols is 2. The van der Waals surface area contributed by atoms with E-state index in [1.165, 1.54) is 0 Å². The second-order valence-corrected chi connectivity index (χ2v) is 9.07. The van der Waals surface area contributed by atoms with E-state index in [1.807, 2.05) is 64.4 Å². The van der Waals surface area contributed by atoms with Crippen molar-refractivity contribution in [2.75, 3.05) is 62.4 Å². The molecule has 3 aromatic rings. The average molecular weight is 527 g/mol. The van der Waals surface area contributed by atoms with Crippen LogP contribution in [0, 0.1) is 6.92 Å². The zero-order chi connectivity index (χ0) is 26.8. The normalized spacial score (nSPS) is 10.8. The van der Waals surface area contributed by atoms with Crippen molar-refractivity contribution in [2.45, 2.75) is 27.2 Å². The maximum absolute atomic E-state index is 10.7. The lowest BCUT2D eigenvalue weighted by Crippen LogP contribution is -2.29. The first kappa shape index (κ1) is 30.9. The summed E-state index contributed by atoms with van der Waals surface area (Å²) in [6.45, 7) is 3.43. The minimum atomic E-state index is -0.00249. The number of anilines is 2. The first-order valence-corrected chi connectivity index (χ1v) is 12.6. The van der Waals surface area contributed by atoms with E-state index in [-0.39, 0.29) is 45.4 Å². The van der Waals surface area contributed by atoms with Gasteiger partial charge in [-0.1, -0.05) is 31.7 Å². The molecule has 0 aliphatic heterocycles. The Hall–Kier alpha value is -3.30. The highest BCUT2D eigenvalue weighted by Crippen LogP contribution is 2.36. The third-order valence-electron chi connectivity index (χ3n) is 6.54. The summed E-state index contributed by atoms with van der Waals surface area (Å²) in [5.74, 6) is 0.151. The van der Waals surface area contributed by atoms with Crippen molar-refractivity contribution in [3.63, 3.8) is 0 Å². The molecule has 0 heterocycles. The number of aliphatic hydroxyl groups is 4. The van der Waals surface area contributed by atoms with Crippen LogP contribution in [0.5, 0.6) is 11.5 Å². The van der Waals surface area contributed by atoms with E-state index in [1.54, 1.807) is 6.92 Å². The van der Waals surface area contributed by atoms with Gasteiger partial charge in [0.2, 0.25) is 0 Å². The second-order valence-electron chi connectivity index (χ2n) is 9.07. The number of rotatable bonds is 14. The molecule has 8 nitrogen and oxygen atoms in total. The lowest BCUT2D eigenvalue weighted by molar-refractivity contribution is 0.280. The van der Waals surface area contributed by atoms with Gasteiger partial charge in [0.1, 0.15) is 11.5 Å². The number of aliphatic hydroxyl groups excluding tert-OH is 4. The van der Waals surface area contributed by atoms with Crippen molar-refractivity contribution < 1.29 is 30.6 Å². The van der Waals surface area contributed by atoms with Gasteiger partial charge in [-0.05, 0) is 59.5 Å². The predicted octanol–water partition coefficient (Wildman–Crippen LogP) is 2.81. The molecule has 0 aliphatic carbocycles. The summed E-state index contributed by atoms with van der Waals surface area (Å²) in [6.07, 6.45) is 0.965. The third kappa shape index (κ3) is 7.85. The number of hydrogen-bond acceptors (Lipinski definition) is 8. The van der Waals surface area contributed by atoms with Crippen molar-refractivity contribution >= 4 is 11.4 Å². The number of phenolic OH excluding ortho intramolecular Hbond substituents is 2. The van der Waals surface area contributed by atoms with Crippen LogP contribution in [0.4, 0.5) is 11.4 Å². The van der Waals surface area contributed by atoms with E-state index in [2.05, 4.69) is 0 Å². The van der Waals surface area contributed by atoms with Crippen molar-refractivity contribution in [1.29, 1.82) is 0 Å². The molecule has 0 aliphatic rings. The quantitative estimate of drug-likeness (QED) is 0.189. The predicted molar refractivity (Wildman–Crippen MR) is 153 cm³/mol. The van der Waals surface area contributed by atoms with Crippen LogP contribution in [0.3, 0.4) is 0 Å². The number of nitrogens with zero attached hydrogens (tertiary/aromatic N) is 2.